The average molecular weight is 1300 g/mol. The van der Waals surface area contributed by atoms with Crippen molar-refractivity contribution in [1.29, 1.82) is 0 Å². The Hall–Kier alpha value is -7.76. The number of sulfonamides is 1. The number of hydrogen-bond acceptors (Lipinski definition) is 16. The van der Waals surface area contributed by atoms with E-state index in [4.69, 9.17) is 19.7 Å². The predicted molar refractivity (Wildman–Crippen MR) is 361 cm³/mol. The molecule has 0 bridgehead atoms. The molecule has 0 radical (unpaired) electrons. The van der Waals surface area contributed by atoms with Crippen LogP contribution in [0.2, 0.25) is 0 Å². The topological polar surface area (TPSA) is 199 Å². The van der Waals surface area contributed by atoms with E-state index in [1.165, 1.54) is 38.0 Å². The van der Waals surface area contributed by atoms with Crippen LogP contribution in [0.15, 0.2) is 238 Å². The second kappa shape index (κ2) is 33.2. The predicted octanol–water partition coefficient (Wildman–Crippen LogP) is 14.5. The van der Waals surface area contributed by atoms with E-state index in [1.54, 1.807) is 64.1 Å². The van der Waals surface area contributed by atoms with Crippen molar-refractivity contribution < 1.29 is 41.0 Å². The van der Waals surface area contributed by atoms with Gasteiger partial charge < -0.3 is 14.6 Å². The van der Waals surface area contributed by atoms with E-state index in [-0.39, 0.29) is 21.2 Å². The number of aryl methyl sites for hydroxylation is 2. The summed E-state index contributed by atoms with van der Waals surface area (Å²) >= 11 is 6.42. The molecule has 2 aromatic heterocycles. The normalized spacial score (nSPS) is 11.3. The number of sulfone groups is 1. The van der Waals surface area contributed by atoms with E-state index in [9.17, 15) is 26.4 Å². The maximum Gasteiger partial charge on any atom is 0.355 e. The van der Waals surface area contributed by atoms with Crippen molar-refractivity contribution in [3.8, 4) is 32.6 Å². The van der Waals surface area contributed by atoms with Crippen molar-refractivity contribution >= 4 is 77.8 Å². The largest absolute Gasteiger partial charge is 0.497 e. The molecular formula is C69H69N5O9S6. The SMILES string of the molecule is COc1cccc(CN(CCSc2ccccc2)Cc2ccc(S(=O)(=O)CC(=O)c3nc(-c4ccccc4)sc3C)cc2)c1.COc1cccc(CN(CCSc2ccccc2)Cc2ccc(S(N)(=O)=O)cc2)c1.Cc1sc(-c2ccccc2)nc1C(=O)O. The van der Waals surface area contributed by atoms with Gasteiger partial charge in [-0.25, -0.2) is 36.7 Å². The van der Waals surface area contributed by atoms with Crippen LogP contribution in [0, 0.1) is 13.8 Å². The third-order valence-corrected chi connectivity index (χ3v) is 20.3. The van der Waals surface area contributed by atoms with Crippen molar-refractivity contribution in [2.75, 3.05) is 44.6 Å². The summed E-state index contributed by atoms with van der Waals surface area (Å²) in [6.45, 7) is 8.13. The number of Topliss-reactive ketones (excluding diaryl/α,β-unsaturated/α-hetero) is 1. The lowest BCUT2D eigenvalue weighted by Gasteiger charge is -2.23. The number of primary sulfonamides is 1. The van der Waals surface area contributed by atoms with Gasteiger partial charge in [-0.2, -0.15) is 0 Å². The number of thiazole rings is 2. The fourth-order valence-electron chi connectivity index (χ4n) is 9.19. The molecule has 0 fully saturated rings. The fraction of sp³-hybridized carbons (Fsp3) is 0.188. The van der Waals surface area contributed by atoms with Gasteiger partial charge in [0.1, 0.15) is 33.0 Å². The highest BCUT2D eigenvalue weighted by molar-refractivity contribution is 7.99. The number of ketones is 1. The first-order valence-electron chi connectivity index (χ1n) is 28.2. The van der Waals surface area contributed by atoms with Crippen molar-refractivity contribution in [2.45, 2.75) is 59.6 Å². The molecule has 0 amide bonds. The minimum Gasteiger partial charge on any atom is -0.497 e. The van der Waals surface area contributed by atoms with E-state index < -0.39 is 37.4 Å². The van der Waals surface area contributed by atoms with Crippen LogP contribution in [-0.2, 0) is 46.0 Å². The van der Waals surface area contributed by atoms with Crippen LogP contribution >= 0.6 is 46.2 Å². The Labute approximate surface area is 538 Å². The van der Waals surface area contributed by atoms with Crippen LogP contribution in [0.25, 0.3) is 21.1 Å². The zero-order chi connectivity index (χ0) is 63.2. The number of nitrogens with zero attached hydrogens (tertiary/aromatic N) is 4. The highest BCUT2D eigenvalue weighted by atomic mass is 32.2. The molecule has 0 saturated carbocycles. The van der Waals surface area contributed by atoms with Gasteiger partial charge in [-0.05, 0) is 109 Å². The second-order valence-electron chi connectivity index (χ2n) is 20.3. The molecule has 0 spiro atoms. The Kier molecular flexibility index (Phi) is 25.0. The van der Waals surface area contributed by atoms with Crippen molar-refractivity contribution in [2.24, 2.45) is 5.14 Å². The Morgan fingerprint density at radius 3 is 1.27 bits per heavy atom. The molecule has 0 unspecified atom stereocenters. The number of aromatic carboxylic acids is 1. The lowest BCUT2D eigenvalue weighted by atomic mass is 10.1. The first-order valence-corrected chi connectivity index (χ1v) is 35.0. The molecule has 89 heavy (non-hydrogen) atoms. The summed E-state index contributed by atoms with van der Waals surface area (Å²) in [7, 11) is -4.19. The lowest BCUT2D eigenvalue weighted by molar-refractivity contribution is 0.0690. The van der Waals surface area contributed by atoms with E-state index in [2.05, 4.69) is 56.2 Å². The maximum absolute atomic E-state index is 13.2. The number of rotatable bonds is 26. The van der Waals surface area contributed by atoms with Crippen LogP contribution in [0.5, 0.6) is 11.5 Å². The van der Waals surface area contributed by atoms with E-state index in [0.717, 1.165) is 86.9 Å². The number of aromatic nitrogens is 2. The summed E-state index contributed by atoms with van der Waals surface area (Å²) in [6.07, 6.45) is 0. The number of thioether (sulfide) groups is 2. The van der Waals surface area contributed by atoms with Crippen LogP contribution in [-0.4, -0.2) is 98.0 Å². The van der Waals surface area contributed by atoms with Gasteiger partial charge in [0, 0.05) is 81.4 Å². The summed E-state index contributed by atoms with van der Waals surface area (Å²) in [5, 5.41) is 15.5. The van der Waals surface area contributed by atoms with Gasteiger partial charge in [-0.1, -0.05) is 146 Å². The molecule has 14 nitrogen and oxygen atoms in total. The molecule has 0 aliphatic rings. The van der Waals surface area contributed by atoms with Crippen LogP contribution in [0.3, 0.4) is 0 Å². The monoisotopic (exact) mass is 1300 g/mol. The van der Waals surface area contributed by atoms with Gasteiger partial charge in [-0.3, -0.25) is 14.6 Å². The highest BCUT2D eigenvalue weighted by Gasteiger charge is 2.25. The van der Waals surface area contributed by atoms with Crippen molar-refractivity contribution in [3.63, 3.8) is 0 Å². The number of nitrogens with two attached hydrogens (primary N) is 1. The molecular weight excluding hydrogens is 1240 g/mol. The summed E-state index contributed by atoms with van der Waals surface area (Å²) in [6, 6.07) is 69.5. The molecule has 10 rings (SSSR count). The van der Waals surface area contributed by atoms with Crippen molar-refractivity contribution in [3.05, 3.63) is 262 Å². The van der Waals surface area contributed by atoms with Crippen LogP contribution < -0.4 is 14.6 Å². The molecule has 3 N–H and O–H groups in total. The molecule has 0 aliphatic carbocycles. The van der Waals surface area contributed by atoms with Gasteiger partial charge in [0.25, 0.3) is 0 Å². The standard InChI is InChI=1S/C35H34N2O4S3.C23H26N2O3S2.C11H9NO2S/c1-26-34(36-35(43-26)29-11-5-3-6-12-29)33(38)25-44(39,40)32-18-16-27(17-19-32)23-37(20-21-42-31-14-7-4-8-15-31)24-28-10-9-13-30(22-28)41-2;1-28-21-7-5-6-20(16-21)18-25(14-15-29-22-8-3-2-4-9-22)17-19-10-12-23(13-11-19)30(24,26)27;1-7-9(11(13)14)12-10(15-7)8-5-3-2-4-6-8/h3-19,22H,20-21,23-25H2,1-2H3;2-13,16H,14-15,17-18H2,1H3,(H2,24,26,27);2-6H,1H3,(H,13,14). The number of ether oxygens (including phenoxy) is 2. The second-order valence-corrected chi connectivity index (χ2v) is 28.6. The third-order valence-electron chi connectivity index (χ3n) is 13.7. The molecule has 20 heteroatoms. The first-order chi connectivity index (χ1) is 42.9. The number of benzene rings is 8. The third kappa shape index (κ3) is 20.9. The van der Waals surface area contributed by atoms with Gasteiger partial charge in [0.05, 0.1) is 24.0 Å². The summed E-state index contributed by atoms with van der Waals surface area (Å²) in [5.41, 5.74) is 6.56. The van der Waals surface area contributed by atoms with Gasteiger partial charge in [0.15, 0.2) is 21.3 Å². The summed E-state index contributed by atoms with van der Waals surface area (Å²) in [4.78, 5) is 41.3. The summed E-state index contributed by atoms with van der Waals surface area (Å²) in [5.74, 6) is 1.42. The number of carbonyl (C=O) groups is 2. The zero-order valence-electron chi connectivity index (χ0n) is 49.7. The molecule has 8 aromatic carbocycles. The van der Waals surface area contributed by atoms with E-state index >= 15 is 0 Å². The van der Waals surface area contributed by atoms with Crippen LogP contribution in [0.4, 0.5) is 0 Å². The fourth-order valence-corrected chi connectivity index (χ4v) is 14.6. The smallest absolute Gasteiger partial charge is 0.355 e. The average Bonchev–Trinajstić information content (AvgIpc) is 2.39. The molecule has 0 saturated heterocycles. The van der Waals surface area contributed by atoms with Gasteiger partial charge in [-0.15, -0.1) is 46.2 Å². The number of carboxylic acid groups (broad SMARTS) is 1. The molecule has 0 atom stereocenters. The number of methoxy groups -OCH3 is 2. The maximum atomic E-state index is 13.2. The minimum absolute atomic E-state index is 0.129. The highest BCUT2D eigenvalue weighted by Crippen LogP contribution is 2.30. The number of hydrogen-bond donors (Lipinski definition) is 2. The van der Waals surface area contributed by atoms with E-state index in [1.807, 2.05) is 169 Å². The van der Waals surface area contributed by atoms with E-state index in [0.29, 0.717) is 23.0 Å². The zero-order valence-corrected chi connectivity index (χ0v) is 54.6. The molecule has 10 aromatic rings. The first kappa shape index (κ1) is 67.2. The Morgan fingerprint density at radius 1 is 0.494 bits per heavy atom. The Balaban J connectivity index is 0.000000195. The van der Waals surface area contributed by atoms with Gasteiger partial charge in [0.2, 0.25) is 10.0 Å². The quantitative estimate of drug-likeness (QED) is 0.0383. The van der Waals surface area contributed by atoms with Crippen LogP contribution in [0.1, 0.15) is 53.0 Å². The molecule has 0 aliphatic heterocycles. The van der Waals surface area contributed by atoms with Gasteiger partial charge >= 0.3 is 5.97 Å². The molecule has 460 valence electrons. The summed E-state index contributed by atoms with van der Waals surface area (Å²) < 4.78 is 60.2. The van der Waals surface area contributed by atoms with Crippen molar-refractivity contribution in [1.82, 2.24) is 19.8 Å². The number of carbonyl (C=O) groups excluding carboxylic acids is 1. The Morgan fingerprint density at radius 2 is 0.876 bits per heavy atom. The minimum atomic E-state index is -3.84. The lowest BCUT2D eigenvalue weighted by Crippen LogP contribution is -2.25. The Bertz CT molecular complexity index is 4100. The number of carboxylic acids is 1. The molecule has 2 heterocycles.